The Hall–Kier alpha value is -5.96. The van der Waals surface area contributed by atoms with E-state index in [1.54, 1.807) is 0 Å². The van der Waals surface area contributed by atoms with Crippen molar-refractivity contribution in [2.24, 2.45) is 0 Å². The second-order valence-corrected chi connectivity index (χ2v) is 32.6. The quantitative estimate of drug-likeness (QED) is 0.137. The highest BCUT2D eigenvalue weighted by atomic mass is 28.3. The molecule has 0 saturated heterocycles. The van der Waals surface area contributed by atoms with Crippen molar-refractivity contribution in [1.29, 1.82) is 0 Å². The van der Waals surface area contributed by atoms with Crippen molar-refractivity contribution in [3.05, 3.63) is 141 Å². The first-order chi connectivity index (χ1) is 33.0. The van der Waals surface area contributed by atoms with Gasteiger partial charge in [0.1, 0.15) is 8.07 Å². The van der Waals surface area contributed by atoms with Crippen LogP contribution in [0, 0.1) is 11.5 Å². The zero-order valence-corrected chi connectivity index (χ0v) is 48.7. The molecule has 374 valence electrons. The number of nitrogens with zero attached hydrogens (tertiary/aromatic N) is 2. The lowest BCUT2D eigenvalue weighted by Crippen LogP contribution is -2.16. The van der Waals surface area contributed by atoms with E-state index in [1.165, 1.54) is 33.4 Å². The van der Waals surface area contributed by atoms with Crippen LogP contribution in [0.1, 0.15) is 186 Å². The van der Waals surface area contributed by atoms with Crippen LogP contribution >= 0.6 is 0 Å². The van der Waals surface area contributed by atoms with Crippen LogP contribution in [0.2, 0.25) is 19.6 Å². The average molecular weight is 972 g/mol. The van der Waals surface area contributed by atoms with Crippen LogP contribution in [-0.2, 0) is 32.5 Å². The molecule has 2 aliphatic heterocycles. The first-order valence-electron chi connectivity index (χ1n) is 26.2. The summed E-state index contributed by atoms with van der Waals surface area (Å²) in [6, 6.07) is 30.7. The topological polar surface area (TPSA) is 57.4 Å². The van der Waals surface area contributed by atoms with E-state index in [9.17, 15) is 0 Å². The van der Waals surface area contributed by atoms with Gasteiger partial charge in [0.15, 0.2) is 0 Å². The molecule has 4 nitrogen and oxygen atoms in total. The lowest BCUT2D eigenvalue weighted by Gasteiger charge is -2.26. The summed E-state index contributed by atoms with van der Waals surface area (Å²) in [6.07, 6.45) is 8.70. The number of hydrogen-bond acceptors (Lipinski definition) is 2. The average Bonchev–Trinajstić information content (AvgIpc) is 4.09. The summed E-state index contributed by atoms with van der Waals surface area (Å²) in [5.74, 6) is 3.70. The van der Waals surface area contributed by atoms with Crippen molar-refractivity contribution in [2.45, 2.75) is 177 Å². The van der Waals surface area contributed by atoms with Gasteiger partial charge in [0.05, 0.1) is 28.3 Å². The maximum atomic E-state index is 5.61. The lowest BCUT2D eigenvalue weighted by atomic mass is 9.78. The summed E-state index contributed by atoms with van der Waals surface area (Å²) in [4.78, 5) is 19.4. The van der Waals surface area contributed by atoms with Gasteiger partial charge in [-0.25, -0.2) is 9.97 Å². The minimum Gasteiger partial charge on any atom is -0.354 e. The molecule has 0 spiro atoms. The summed E-state index contributed by atoms with van der Waals surface area (Å²) < 4.78 is 0. The molecule has 3 aromatic carbocycles. The van der Waals surface area contributed by atoms with Gasteiger partial charge >= 0.3 is 0 Å². The monoisotopic (exact) mass is 971 g/mol. The fraction of sp³-hybridized carbons (Fsp3) is 0.403. The van der Waals surface area contributed by atoms with Gasteiger partial charge in [0.2, 0.25) is 0 Å². The van der Waals surface area contributed by atoms with E-state index < -0.39 is 8.07 Å². The number of hydrogen-bond donors (Lipinski definition) is 2. The van der Waals surface area contributed by atoms with Gasteiger partial charge in [-0.1, -0.05) is 205 Å². The molecular formula is C67H82N4Si. The summed E-state index contributed by atoms with van der Waals surface area (Å²) >= 11 is 0. The molecule has 5 heterocycles. The minimum absolute atomic E-state index is 0.0811. The van der Waals surface area contributed by atoms with Crippen LogP contribution in [0.5, 0.6) is 0 Å². The van der Waals surface area contributed by atoms with E-state index in [1.807, 2.05) is 0 Å². The Morgan fingerprint density at radius 1 is 0.347 bits per heavy atom. The number of rotatable bonds is 3. The van der Waals surface area contributed by atoms with Gasteiger partial charge in [0, 0.05) is 38.8 Å². The predicted molar refractivity (Wildman–Crippen MR) is 318 cm³/mol. The van der Waals surface area contributed by atoms with Gasteiger partial charge < -0.3 is 9.97 Å². The Kier molecular flexibility index (Phi) is 13.0. The summed E-state index contributed by atoms with van der Waals surface area (Å²) in [5.41, 5.74) is 26.0. The highest BCUT2D eigenvalue weighted by Gasteiger charge is 2.27. The van der Waals surface area contributed by atoms with Gasteiger partial charge in [-0.2, -0.15) is 0 Å². The highest BCUT2D eigenvalue weighted by Crippen LogP contribution is 2.43. The molecule has 0 unspecified atom stereocenters. The maximum Gasteiger partial charge on any atom is 0.129 e. The third-order valence-corrected chi connectivity index (χ3v) is 15.1. The fourth-order valence-corrected chi connectivity index (χ4v) is 9.92. The van der Waals surface area contributed by atoms with Crippen LogP contribution in [0.15, 0.2) is 78.9 Å². The maximum absolute atomic E-state index is 5.61. The van der Waals surface area contributed by atoms with Crippen molar-refractivity contribution < 1.29 is 0 Å². The summed E-state index contributed by atoms with van der Waals surface area (Å²) in [7, 11) is -1.83. The van der Waals surface area contributed by atoms with Gasteiger partial charge in [-0.15, -0.1) is 5.54 Å². The zero-order chi connectivity index (χ0) is 52.9. The molecule has 5 heteroatoms. The molecule has 2 aliphatic rings. The molecule has 3 aromatic heterocycles. The van der Waals surface area contributed by atoms with Crippen LogP contribution in [-0.4, -0.2) is 28.0 Å². The number of H-pyrrole nitrogens is 2. The number of aromatic amines is 2. The molecule has 0 aliphatic carbocycles. The third-order valence-electron chi connectivity index (χ3n) is 14.2. The first kappa shape index (κ1) is 52.4. The molecule has 2 N–H and O–H groups in total. The Bertz CT molecular complexity index is 3160. The largest absolute Gasteiger partial charge is 0.354 e. The molecule has 8 rings (SSSR count). The van der Waals surface area contributed by atoms with Crippen molar-refractivity contribution in [2.75, 3.05) is 0 Å². The molecule has 72 heavy (non-hydrogen) atoms. The van der Waals surface area contributed by atoms with Gasteiger partial charge in [-0.3, -0.25) is 0 Å². The van der Waals surface area contributed by atoms with E-state index in [0.717, 1.165) is 83.8 Å². The van der Waals surface area contributed by atoms with Crippen LogP contribution in [0.3, 0.4) is 0 Å². The first-order valence-corrected chi connectivity index (χ1v) is 29.7. The molecule has 0 amide bonds. The highest BCUT2D eigenvalue weighted by molar-refractivity contribution is 6.83. The Morgan fingerprint density at radius 2 is 0.597 bits per heavy atom. The zero-order valence-electron chi connectivity index (χ0n) is 47.7. The van der Waals surface area contributed by atoms with Crippen LogP contribution in [0.25, 0.3) is 79.8 Å². The van der Waals surface area contributed by atoms with Gasteiger partial charge in [-0.05, 0) is 131 Å². The lowest BCUT2D eigenvalue weighted by molar-refractivity contribution is 0.568. The molecular weight excluding hydrogens is 889 g/mol. The number of benzene rings is 3. The van der Waals surface area contributed by atoms with E-state index in [-0.39, 0.29) is 32.5 Å². The summed E-state index contributed by atoms with van der Waals surface area (Å²) in [6.45, 7) is 48.5. The standard InChI is InChI=1S/C67H82N4Si/c1-62(2,3)44-32-41(33-45(38-44)63(4,5)6)59-53-24-22-51(68-53)50(30-31-72(19,20)21)52-23-25-54(69-52)60(42-34-46(64(7,8)9)39-47(35-42)65(10,11)12)56-27-29-58(71-56)61(57-28-26-55(59)70-57)43-36-48(66(13,14)15)40-49(37-43)67(16,17)18/h22-29,32-40,70-71H,1-21H3. The fourth-order valence-electron chi connectivity index (χ4n) is 9.42. The molecule has 8 bridgehead atoms. The summed E-state index contributed by atoms with van der Waals surface area (Å²) in [5, 5.41) is 0. The third kappa shape index (κ3) is 11.0. The number of nitrogens with one attached hydrogen (secondary N) is 2. The normalized spacial score (nSPS) is 13.7. The predicted octanol–water partition coefficient (Wildman–Crippen LogP) is 18.7. The Balaban J connectivity index is 1.64. The van der Waals surface area contributed by atoms with E-state index >= 15 is 0 Å². The number of aromatic nitrogens is 4. The van der Waals surface area contributed by atoms with Crippen molar-refractivity contribution in [3.63, 3.8) is 0 Å². The Labute approximate surface area is 434 Å². The van der Waals surface area contributed by atoms with E-state index in [4.69, 9.17) is 9.97 Å². The second-order valence-electron chi connectivity index (χ2n) is 27.9. The van der Waals surface area contributed by atoms with Crippen molar-refractivity contribution >= 4 is 54.4 Å². The minimum atomic E-state index is -1.83. The van der Waals surface area contributed by atoms with Crippen molar-refractivity contribution in [3.8, 4) is 44.8 Å². The van der Waals surface area contributed by atoms with Crippen LogP contribution < -0.4 is 0 Å². The van der Waals surface area contributed by atoms with Crippen LogP contribution in [0.4, 0.5) is 0 Å². The van der Waals surface area contributed by atoms with E-state index in [2.05, 4.69) is 269 Å². The molecule has 6 aromatic rings. The van der Waals surface area contributed by atoms with Crippen molar-refractivity contribution in [1.82, 2.24) is 19.9 Å². The molecule has 0 fully saturated rings. The SMILES string of the molecule is CC(C)(C)c1cc(-c2c3nc(c(C#C[Si](C)(C)C)c4nc(c(-c5cc(C(C)(C)C)cc(C(C)(C)C)c5)c5ccc([nH]5)c(-c5cc(C(C)(C)C)cc(C(C)(C)C)c5)c5ccc2[nH]5)C=C4)C=C3)cc(C(C)(C)C)c1. The second kappa shape index (κ2) is 17.9. The molecule has 0 atom stereocenters. The molecule has 0 saturated carbocycles. The van der Waals surface area contributed by atoms with Gasteiger partial charge in [0.25, 0.3) is 0 Å². The smallest absolute Gasteiger partial charge is 0.129 e. The Morgan fingerprint density at radius 3 is 0.861 bits per heavy atom. The molecule has 0 radical (unpaired) electrons. The van der Waals surface area contributed by atoms with E-state index in [0.29, 0.717) is 0 Å². The number of fused-ring (bicyclic) bond motifs is 8.